The highest BCUT2D eigenvalue weighted by molar-refractivity contribution is 5.87. The van der Waals surface area contributed by atoms with E-state index in [1.807, 2.05) is 22.7 Å². The highest BCUT2D eigenvalue weighted by Gasteiger charge is 2.42. The zero-order chi connectivity index (χ0) is 15.7. The van der Waals surface area contributed by atoms with Gasteiger partial charge in [-0.3, -0.25) is 14.3 Å². The van der Waals surface area contributed by atoms with E-state index in [9.17, 15) is 9.59 Å². The van der Waals surface area contributed by atoms with Crippen molar-refractivity contribution in [1.82, 2.24) is 14.7 Å². The van der Waals surface area contributed by atoms with E-state index in [0.29, 0.717) is 19.0 Å². The molecule has 2 unspecified atom stereocenters. The topological polar surface area (TPSA) is 76.5 Å². The summed E-state index contributed by atoms with van der Waals surface area (Å²) in [6, 6.07) is 1.92. The second kappa shape index (κ2) is 5.72. The van der Waals surface area contributed by atoms with E-state index in [1.165, 1.54) is 6.92 Å². The smallest absolute Gasteiger partial charge is 0.254 e. The van der Waals surface area contributed by atoms with Crippen LogP contribution in [0.1, 0.15) is 39.2 Å². The number of hydrogen-bond acceptors (Lipinski definition) is 4. The van der Waals surface area contributed by atoms with Gasteiger partial charge in [0.2, 0.25) is 5.91 Å². The molecule has 1 aromatic heterocycles. The fourth-order valence-electron chi connectivity index (χ4n) is 3.21. The van der Waals surface area contributed by atoms with Gasteiger partial charge in [0.15, 0.2) is 5.82 Å². The molecule has 2 aliphatic rings. The van der Waals surface area contributed by atoms with Gasteiger partial charge in [-0.05, 0) is 26.2 Å². The van der Waals surface area contributed by atoms with Gasteiger partial charge in [-0.2, -0.15) is 5.10 Å². The van der Waals surface area contributed by atoms with Gasteiger partial charge >= 0.3 is 0 Å². The van der Waals surface area contributed by atoms with Crippen LogP contribution in [0.15, 0.2) is 12.3 Å². The molecule has 7 heteroatoms. The Balaban J connectivity index is 1.63. The molecule has 120 valence electrons. The first-order chi connectivity index (χ1) is 10.5. The number of nitrogens with one attached hydrogen (secondary N) is 1. The Kier molecular flexibility index (Phi) is 3.90. The first-order valence-electron chi connectivity index (χ1n) is 7.74. The molecule has 3 heterocycles. The Morgan fingerprint density at radius 1 is 1.50 bits per heavy atom. The van der Waals surface area contributed by atoms with Gasteiger partial charge in [-0.1, -0.05) is 0 Å². The molecule has 0 radical (unpaired) electrons. The maximum atomic E-state index is 12.6. The summed E-state index contributed by atoms with van der Waals surface area (Å²) in [5.74, 6) is 0.491. The summed E-state index contributed by atoms with van der Waals surface area (Å²) in [5.41, 5.74) is -0.652. The van der Waals surface area contributed by atoms with Crippen molar-refractivity contribution in [1.29, 1.82) is 0 Å². The van der Waals surface area contributed by atoms with Crippen molar-refractivity contribution < 1.29 is 14.3 Å². The molecular weight excluding hydrogens is 284 g/mol. The Morgan fingerprint density at radius 2 is 2.32 bits per heavy atom. The molecule has 2 amide bonds. The van der Waals surface area contributed by atoms with Crippen molar-refractivity contribution in [2.24, 2.45) is 0 Å². The maximum absolute atomic E-state index is 12.6. The lowest BCUT2D eigenvalue weighted by Crippen LogP contribution is -2.45. The number of carbonyl (C=O) groups is 2. The highest BCUT2D eigenvalue weighted by Crippen LogP contribution is 2.30. The van der Waals surface area contributed by atoms with E-state index in [2.05, 4.69) is 10.4 Å². The summed E-state index contributed by atoms with van der Waals surface area (Å²) in [6.07, 6.45) is 4.45. The number of nitrogens with zero attached hydrogens (tertiary/aromatic N) is 3. The van der Waals surface area contributed by atoms with E-state index in [-0.39, 0.29) is 17.9 Å². The minimum Gasteiger partial charge on any atom is -0.365 e. The van der Waals surface area contributed by atoms with Crippen molar-refractivity contribution in [2.45, 2.75) is 44.8 Å². The number of likely N-dealkylation sites (tertiary alicyclic amines) is 1. The molecule has 2 fully saturated rings. The monoisotopic (exact) mass is 306 g/mol. The van der Waals surface area contributed by atoms with Gasteiger partial charge in [-0.15, -0.1) is 0 Å². The van der Waals surface area contributed by atoms with Gasteiger partial charge in [0.05, 0.1) is 6.04 Å². The van der Waals surface area contributed by atoms with E-state index >= 15 is 0 Å². The van der Waals surface area contributed by atoms with E-state index in [1.54, 1.807) is 6.07 Å². The van der Waals surface area contributed by atoms with Gasteiger partial charge in [0.25, 0.3) is 5.91 Å². The van der Waals surface area contributed by atoms with E-state index < -0.39 is 5.60 Å². The molecule has 0 aromatic carbocycles. The van der Waals surface area contributed by atoms with Gasteiger partial charge in [0, 0.05) is 38.9 Å². The average Bonchev–Trinajstić information content (AvgIpc) is 3.17. The molecule has 22 heavy (non-hydrogen) atoms. The van der Waals surface area contributed by atoms with Crippen LogP contribution in [0.3, 0.4) is 0 Å². The fourth-order valence-corrected chi connectivity index (χ4v) is 3.21. The quantitative estimate of drug-likeness (QED) is 0.910. The number of amides is 2. The van der Waals surface area contributed by atoms with Crippen LogP contribution in [-0.4, -0.2) is 51.8 Å². The Bertz CT molecular complexity index is 577. The molecule has 3 rings (SSSR count). The molecule has 0 aliphatic carbocycles. The van der Waals surface area contributed by atoms with Crippen LogP contribution in [0.4, 0.5) is 5.82 Å². The van der Waals surface area contributed by atoms with Crippen LogP contribution < -0.4 is 5.32 Å². The summed E-state index contributed by atoms with van der Waals surface area (Å²) in [5, 5.41) is 7.02. The summed E-state index contributed by atoms with van der Waals surface area (Å²) in [7, 11) is 0. The number of carbonyl (C=O) groups excluding carboxylic acids is 2. The van der Waals surface area contributed by atoms with Gasteiger partial charge in [-0.25, -0.2) is 0 Å². The van der Waals surface area contributed by atoms with Crippen molar-refractivity contribution >= 4 is 17.6 Å². The number of hydrogen-bond donors (Lipinski definition) is 1. The standard InChI is InChI=1S/C15H22N4O3/c1-11(20)16-13-5-8-19(17-13)12-4-7-18(10-12)14(21)15(2)6-3-9-22-15/h5,8,12H,3-4,6-7,9-10H2,1-2H3,(H,16,17,20). The summed E-state index contributed by atoms with van der Waals surface area (Å²) >= 11 is 0. The van der Waals surface area contributed by atoms with Crippen LogP contribution in [0.2, 0.25) is 0 Å². The second-order valence-corrected chi connectivity index (χ2v) is 6.24. The van der Waals surface area contributed by atoms with Crippen LogP contribution in [0, 0.1) is 0 Å². The number of anilines is 1. The largest absolute Gasteiger partial charge is 0.365 e. The second-order valence-electron chi connectivity index (χ2n) is 6.24. The maximum Gasteiger partial charge on any atom is 0.254 e. The van der Waals surface area contributed by atoms with E-state index in [4.69, 9.17) is 4.74 Å². The normalized spacial score (nSPS) is 28.1. The Morgan fingerprint density at radius 3 is 3.00 bits per heavy atom. The predicted molar refractivity (Wildman–Crippen MR) is 80.4 cm³/mol. The van der Waals surface area contributed by atoms with Crippen molar-refractivity contribution in [3.05, 3.63) is 12.3 Å². The molecule has 2 saturated heterocycles. The molecule has 1 N–H and O–H groups in total. The fraction of sp³-hybridized carbons (Fsp3) is 0.667. The molecule has 0 spiro atoms. The third-order valence-electron chi connectivity index (χ3n) is 4.41. The molecule has 0 bridgehead atoms. The highest BCUT2D eigenvalue weighted by atomic mass is 16.5. The Labute approximate surface area is 129 Å². The molecule has 1 aromatic rings. The SMILES string of the molecule is CC(=O)Nc1ccn(C2CCN(C(=O)C3(C)CCCO3)C2)n1. The van der Waals surface area contributed by atoms with Gasteiger partial charge < -0.3 is 15.0 Å². The van der Waals surface area contributed by atoms with Crippen LogP contribution in [0.5, 0.6) is 0 Å². The summed E-state index contributed by atoms with van der Waals surface area (Å²) in [6.45, 7) is 5.37. The third-order valence-corrected chi connectivity index (χ3v) is 4.41. The minimum absolute atomic E-state index is 0.0849. The minimum atomic E-state index is -0.652. The number of ether oxygens (including phenoxy) is 1. The van der Waals surface area contributed by atoms with Crippen LogP contribution in [0.25, 0.3) is 0 Å². The third kappa shape index (κ3) is 2.85. The zero-order valence-corrected chi connectivity index (χ0v) is 13.0. The van der Waals surface area contributed by atoms with Crippen molar-refractivity contribution in [3.8, 4) is 0 Å². The summed E-state index contributed by atoms with van der Waals surface area (Å²) < 4.78 is 7.47. The van der Waals surface area contributed by atoms with Crippen LogP contribution >= 0.6 is 0 Å². The number of aromatic nitrogens is 2. The lowest BCUT2D eigenvalue weighted by molar-refractivity contribution is -0.149. The lowest BCUT2D eigenvalue weighted by atomic mass is 10.0. The average molecular weight is 306 g/mol. The molecule has 7 nitrogen and oxygen atoms in total. The zero-order valence-electron chi connectivity index (χ0n) is 13.0. The van der Waals surface area contributed by atoms with Crippen molar-refractivity contribution in [2.75, 3.05) is 25.0 Å². The first-order valence-corrected chi connectivity index (χ1v) is 7.74. The molecule has 0 saturated carbocycles. The molecule has 2 atom stereocenters. The first kappa shape index (κ1) is 15.0. The van der Waals surface area contributed by atoms with E-state index in [0.717, 1.165) is 25.8 Å². The Hall–Kier alpha value is -1.89. The summed E-state index contributed by atoms with van der Waals surface area (Å²) in [4.78, 5) is 25.5. The van der Waals surface area contributed by atoms with Crippen molar-refractivity contribution in [3.63, 3.8) is 0 Å². The lowest BCUT2D eigenvalue weighted by Gasteiger charge is -2.28. The number of rotatable bonds is 3. The molecular formula is C15H22N4O3. The van der Waals surface area contributed by atoms with Gasteiger partial charge in [0.1, 0.15) is 5.60 Å². The van der Waals surface area contributed by atoms with Crippen LogP contribution in [-0.2, 0) is 14.3 Å². The predicted octanol–water partition coefficient (Wildman–Crippen LogP) is 1.18. The molecule has 2 aliphatic heterocycles.